The molecule has 1 aromatic carbocycles. The first kappa shape index (κ1) is 20.4. The maximum Gasteiger partial charge on any atom is 0.322 e. The summed E-state index contributed by atoms with van der Waals surface area (Å²) in [6, 6.07) is 3.63. The number of halogens is 2. The summed E-state index contributed by atoms with van der Waals surface area (Å²) in [5.74, 6) is 0.111. The van der Waals surface area contributed by atoms with Gasteiger partial charge in [0, 0.05) is 36.0 Å². The van der Waals surface area contributed by atoms with Crippen LogP contribution < -0.4 is 10.9 Å². The summed E-state index contributed by atoms with van der Waals surface area (Å²) in [5.41, 5.74) is 2.63. The molecular formula is C23H22ClFN6O2. The fourth-order valence-corrected chi connectivity index (χ4v) is 5.30. The van der Waals surface area contributed by atoms with E-state index in [4.69, 9.17) is 11.6 Å². The Morgan fingerprint density at radius 2 is 2.09 bits per heavy atom. The highest BCUT2D eigenvalue weighted by molar-refractivity contribution is 6.33. The lowest BCUT2D eigenvalue weighted by molar-refractivity contribution is 0.177. The number of H-pyrrole nitrogens is 1. The molecule has 2 N–H and O–H groups in total. The van der Waals surface area contributed by atoms with Gasteiger partial charge in [-0.05, 0) is 55.7 Å². The van der Waals surface area contributed by atoms with Crippen LogP contribution in [0.15, 0.2) is 35.4 Å². The number of aromatic nitrogens is 4. The predicted octanol–water partition coefficient (Wildman–Crippen LogP) is 4.13. The van der Waals surface area contributed by atoms with Crippen molar-refractivity contribution < 1.29 is 9.18 Å². The minimum atomic E-state index is -0.565. The molecule has 2 fully saturated rings. The molecule has 0 spiro atoms. The van der Waals surface area contributed by atoms with E-state index in [1.807, 2.05) is 10.9 Å². The van der Waals surface area contributed by atoms with E-state index in [1.54, 1.807) is 17.2 Å². The molecule has 0 unspecified atom stereocenters. The van der Waals surface area contributed by atoms with Crippen molar-refractivity contribution in [3.63, 3.8) is 0 Å². The summed E-state index contributed by atoms with van der Waals surface area (Å²) in [5, 5.41) is 14.0. The Morgan fingerprint density at radius 1 is 1.24 bits per heavy atom. The largest absolute Gasteiger partial charge is 0.322 e. The molecule has 0 radical (unpaired) electrons. The minimum Gasteiger partial charge on any atom is -0.313 e. The van der Waals surface area contributed by atoms with Crippen LogP contribution in [0.3, 0.4) is 0 Å². The van der Waals surface area contributed by atoms with E-state index in [1.165, 1.54) is 25.0 Å². The number of hydrogen-bond donors (Lipinski definition) is 2. The second kappa shape index (κ2) is 7.69. The molecule has 4 heterocycles. The minimum absolute atomic E-state index is 0.0266. The van der Waals surface area contributed by atoms with Crippen LogP contribution in [0.4, 0.5) is 14.9 Å². The predicted molar refractivity (Wildman–Crippen MR) is 121 cm³/mol. The van der Waals surface area contributed by atoms with Gasteiger partial charge in [0.25, 0.3) is 5.56 Å². The summed E-state index contributed by atoms with van der Waals surface area (Å²) in [6.45, 7) is 0.859. The van der Waals surface area contributed by atoms with Crippen LogP contribution in [0.1, 0.15) is 43.0 Å². The monoisotopic (exact) mass is 468 g/mol. The number of urea groups is 1. The Kier molecular flexibility index (Phi) is 4.76. The molecule has 3 aliphatic rings. The molecule has 2 aromatic heterocycles. The molecule has 170 valence electrons. The van der Waals surface area contributed by atoms with Crippen molar-refractivity contribution in [2.24, 2.45) is 5.92 Å². The van der Waals surface area contributed by atoms with Crippen molar-refractivity contribution in [1.82, 2.24) is 24.9 Å². The van der Waals surface area contributed by atoms with Crippen LogP contribution in [0.5, 0.6) is 0 Å². The molecule has 6 rings (SSSR count). The topological polar surface area (TPSA) is 95.9 Å². The molecule has 1 saturated carbocycles. The molecular weight excluding hydrogens is 447 g/mol. The number of hydrogen-bond acceptors (Lipinski definition) is 4. The summed E-state index contributed by atoms with van der Waals surface area (Å²) in [6.07, 6.45) is 8.10. The zero-order valence-electron chi connectivity index (χ0n) is 17.7. The first-order valence-corrected chi connectivity index (χ1v) is 11.5. The first-order valence-electron chi connectivity index (χ1n) is 11.2. The van der Waals surface area contributed by atoms with E-state index in [2.05, 4.69) is 20.6 Å². The highest BCUT2D eigenvalue weighted by Crippen LogP contribution is 2.43. The molecule has 2 bridgehead atoms. The molecule has 8 nitrogen and oxygen atoms in total. The van der Waals surface area contributed by atoms with Crippen LogP contribution >= 0.6 is 11.6 Å². The standard InChI is InChI=1S/C23H22ClFN6O2/c24-17-8-19(18(25)7-16(17)14-9-26-30(11-14)10-12-1-2-12)27-23(33)31-15-3-4-20(31)22-13(5-15)6-21(32)28-29-22/h6-9,11-12,15,20H,1-5,10H2,(H,27,33)(H,28,32)/t15-,20+/m0/s1. The quantitative estimate of drug-likeness (QED) is 0.601. The number of fused-ring (bicyclic) bond motifs is 4. The summed E-state index contributed by atoms with van der Waals surface area (Å²) >= 11 is 6.47. The van der Waals surface area contributed by atoms with Crippen LogP contribution in [-0.4, -0.2) is 37.0 Å². The number of nitrogens with zero attached hydrogens (tertiary/aromatic N) is 4. The zero-order valence-corrected chi connectivity index (χ0v) is 18.5. The van der Waals surface area contributed by atoms with Gasteiger partial charge in [-0.15, -0.1) is 0 Å². The van der Waals surface area contributed by atoms with Crippen molar-refractivity contribution in [2.75, 3.05) is 5.32 Å². The fraction of sp³-hybridized carbons (Fsp3) is 0.391. The smallest absolute Gasteiger partial charge is 0.313 e. The highest BCUT2D eigenvalue weighted by Gasteiger charge is 2.44. The molecule has 2 amide bonds. The zero-order chi connectivity index (χ0) is 22.7. The van der Waals surface area contributed by atoms with Gasteiger partial charge in [0.15, 0.2) is 0 Å². The number of nitrogens with one attached hydrogen (secondary N) is 2. The van der Waals surface area contributed by atoms with E-state index < -0.39 is 11.8 Å². The van der Waals surface area contributed by atoms with Crippen LogP contribution in [0.2, 0.25) is 5.02 Å². The molecule has 2 atom stereocenters. The number of aromatic amines is 1. The maximum absolute atomic E-state index is 15.0. The third-order valence-corrected chi connectivity index (χ3v) is 7.13. The van der Waals surface area contributed by atoms with Gasteiger partial charge in [-0.2, -0.15) is 10.2 Å². The number of benzene rings is 1. The molecule has 1 aliphatic carbocycles. The van der Waals surface area contributed by atoms with Gasteiger partial charge >= 0.3 is 6.03 Å². The fourth-order valence-electron chi connectivity index (χ4n) is 5.03. The molecule has 10 heteroatoms. The third kappa shape index (κ3) is 3.70. The average molecular weight is 469 g/mol. The number of anilines is 1. The van der Waals surface area contributed by atoms with E-state index in [0.29, 0.717) is 28.6 Å². The van der Waals surface area contributed by atoms with Crippen LogP contribution in [0, 0.1) is 11.7 Å². The Morgan fingerprint density at radius 3 is 2.91 bits per heavy atom. The number of carbonyl (C=O) groups is 1. The average Bonchev–Trinajstić information content (AvgIpc) is 3.37. The summed E-state index contributed by atoms with van der Waals surface area (Å²) in [4.78, 5) is 26.4. The highest BCUT2D eigenvalue weighted by atomic mass is 35.5. The van der Waals surface area contributed by atoms with Crippen molar-refractivity contribution in [3.05, 3.63) is 63.0 Å². The number of amides is 2. The van der Waals surface area contributed by atoms with E-state index in [9.17, 15) is 14.0 Å². The van der Waals surface area contributed by atoms with Gasteiger partial charge in [0.05, 0.1) is 28.6 Å². The summed E-state index contributed by atoms with van der Waals surface area (Å²) < 4.78 is 16.9. The lowest BCUT2D eigenvalue weighted by Crippen LogP contribution is -2.45. The first-order chi connectivity index (χ1) is 16.0. The van der Waals surface area contributed by atoms with Gasteiger partial charge in [-0.25, -0.2) is 14.3 Å². The molecule has 33 heavy (non-hydrogen) atoms. The third-order valence-electron chi connectivity index (χ3n) is 6.81. The molecule has 2 aliphatic heterocycles. The second-order valence-electron chi connectivity index (χ2n) is 9.14. The van der Waals surface area contributed by atoms with Gasteiger partial charge in [-0.3, -0.25) is 9.48 Å². The Bertz CT molecular complexity index is 1320. The Labute approximate surface area is 193 Å². The van der Waals surface area contributed by atoms with Crippen LogP contribution in [0.25, 0.3) is 11.1 Å². The lowest BCUT2D eigenvalue weighted by atomic mass is 9.99. The van der Waals surface area contributed by atoms with E-state index >= 15 is 0 Å². The van der Waals surface area contributed by atoms with Crippen LogP contribution in [-0.2, 0) is 13.0 Å². The SMILES string of the molecule is O=C(Nc1cc(Cl)c(-c2cnn(CC3CC3)c2)cc1F)N1[C@H]2CC[C@@H]1c1n[nH]c(=O)cc1C2. The van der Waals surface area contributed by atoms with Crippen molar-refractivity contribution in [3.8, 4) is 11.1 Å². The maximum atomic E-state index is 15.0. The molecule has 1 saturated heterocycles. The van der Waals surface area contributed by atoms with Gasteiger partial charge in [0.2, 0.25) is 0 Å². The summed E-state index contributed by atoms with van der Waals surface area (Å²) in [7, 11) is 0. The number of rotatable bonds is 4. The van der Waals surface area contributed by atoms with Gasteiger partial charge in [0.1, 0.15) is 5.82 Å². The van der Waals surface area contributed by atoms with Crippen molar-refractivity contribution in [1.29, 1.82) is 0 Å². The number of carbonyl (C=O) groups excluding carboxylic acids is 1. The molecule has 3 aromatic rings. The van der Waals surface area contributed by atoms with Gasteiger partial charge < -0.3 is 10.2 Å². The second-order valence-corrected chi connectivity index (χ2v) is 9.54. The Hall–Kier alpha value is -3.20. The lowest BCUT2D eigenvalue weighted by Gasteiger charge is -2.35. The Balaban J connectivity index is 1.23. The van der Waals surface area contributed by atoms with Crippen molar-refractivity contribution >= 4 is 23.3 Å². The van der Waals surface area contributed by atoms with Crippen molar-refractivity contribution in [2.45, 2.75) is 50.7 Å². The normalized spacial score (nSPS) is 21.2. The van der Waals surface area contributed by atoms with Gasteiger partial charge in [-0.1, -0.05) is 11.6 Å². The van der Waals surface area contributed by atoms with E-state index in [-0.39, 0.29) is 23.3 Å². The van der Waals surface area contributed by atoms with E-state index in [0.717, 1.165) is 30.5 Å².